The second-order valence-corrected chi connectivity index (χ2v) is 8.67. The number of ether oxygens (including phenoxy) is 2. The van der Waals surface area contributed by atoms with E-state index in [0.717, 1.165) is 26.9 Å². The van der Waals surface area contributed by atoms with Crippen molar-refractivity contribution in [1.29, 1.82) is 0 Å². The van der Waals surface area contributed by atoms with E-state index in [2.05, 4.69) is 47.8 Å². The molecule has 4 nitrogen and oxygen atoms in total. The fraction of sp³-hybridized carbons (Fsp3) is 0.278. The number of Topliss-reactive ketones (excluding diaryl/α,β-unsaturated/α-hetero) is 1. The summed E-state index contributed by atoms with van der Waals surface area (Å²) in [6, 6.07) is 8.88. The van der Waals surface area contributed by atoms with Gasteiger partial charge in [0.2, 0.25) is 0 Å². The Labute approximate surface area is 170 Å². The summed E-state index contributed by atoms with van der Waals surface area (Å²) >= 11 is 10.6. The zero-order valence-electron chi connectivity index (χ0n) is 13.3. The van der Waals surface area contributed by atoms with Crippen LogP contribution in [0.5, 0.6) is 11.5 Å². The van der Waals surface area contributed by atoms with Gasteiger partial charge in [0, 0.05) is 15.6 Å². The van der Waals surface area contributed by atoms with Crippen molar-refractivity contribution in [3.8, 4) is 11.5 Å². The van der Waals surface area contributed by atoms with Gasteiger partial charge in [0.05, 0.1) is 21.8 Å². The van der Waals surface area contributed by atoms with Crippen molar-refractivity contribution in [3.63, 3.8) is 0 Å². The third-order valence-electron chi connectivity index (χ3n) is 3.93. The molecule has 0 unspecified atom stereocenters. The zero-order chi connectivity index (χ0) is 18.1. The van der Waals surface area contributed by atoms with E-state index >= 15 is 0 Å². The second kappa shape index (κ2) is 7.78. The predicted molar refractivity (Wildman–Crippen MR) is 106 cm³/mol. The number of aromatic hydroxyl groups is 1. The molecule has 0 saturated heterocycles. The fourth-order valence-electron chi connectivity index (χ4n) is 2.70. The molecule has 0 aliphatic carbocycles. The lowest BCUT2D eigenvalue weighted by atomic mass is 9.98. The topological polar surface area (TPSA) is 55.8 Å². The SMILES string of the molecule is Cc1ccc(C(=O)[C@@H](Br)[C@H](Br)c2cc(Br)cc3c2OCOC3)c(O)c1. The highest BCUT2D eigenvalue weighted by atomic mass is 79.9. The summed E-state index contributed by atoms with van der Waals surface area (Å²) in [6.45, 7) is 2.50. The Bertz CT molecular complexity index is 822. The van der Waals surface area contributed by atoms with Gasteiger partial charge >= 0.3 is 0 Å². The Balaban J connectivity index is 1.94. The van der Waals surface area contributed by atoms with Gasteiger partial charge in [0.15, 0.2) is 12.6 Å². The van der Waals surface area contributed by atoms with Crippen LogP contribution in [-0.4, -0.2) is 22.5 Å². The summed E-state index contributed by atoms with van der Waals surface area (Å²) in [4.78, 5) is 11.9. The van der Waals surface area contributed by atoms with E-state index in [1.165, 1.54) is 0 Å². The summed E-state index contributed by atoms with van der Waals surface area (Å²) in [7, 11) is 0. The number of carbonyl (C=O) groups excluding carboxylic acids is 1. The van der Waals surface area contributed by atoms with Crippen molar-refractivity contribution in [3.05, 3.63) is 57.1 Å². The molecular formula is C18H15Br3O4. The number of phenolic OH excluding ortho intramolecular Hbond substituents is 1. The van der Waals surface area contributed by atoms with Gasteiger partial charge in [-0.2, -0.15) is 0 Å². The summed E-state index contributed by atoms with van der Waals surface area (Å²) in [5.74, 6) is 0.497. The van der Waals surface area contributed by atoms with E-state index in [1.54, 1.807) is 18.2 Å². The van der Waals surface area contributed by atoms with Gasteiger partial charge in [-0.25, -0.2) is 0 Å². The van der Waals surface area contributed by atoms with E-state index < -0.39 is 4.83 Å². The number of ketones is 1. The number of alkyl halides is 2. The number of aryl methyl sites for hydroxylation is 1. The predicted octanol–water partition coefficient (Wildman–Crippen LogP) is 5.41. The van der Waals surface area contributed by atoms with Crippen LogP contribution in [0.15, 0.2) is 34.8 Å². The molecule has 1 N–H and O–H groups in total. The second-order valence-electron chi connectivity index (χ2n) is 5.78. The Kier molecular flexibility index (Phi) is 5.88. The third kappa shape index (κ3) is 3.94. The van der Waals surface area contributed by atoms with Crippen molar-refractivity contribution >= 4 is 53.6 Å². The van der Waals surface area contributed by atoms with Gasteiger partial charge in [-0.1, -0.05) is 53.9 Å². The van der Waals surface area contributed by atoms with Gasteiger partial charge in [-0.15, -0.1) is 0 Å². The highest BCUT2D eigenvalue weighted by Gasteiger charge is 2.31. The van der Waals surface area contributed by atoms with Crippen molar-refractivity contribution in [2.24, 2.45) is 0 Å². The molecule has 132 valence electrons. The van der Waals surface area contributed by atoms with Gasteiger partial charge in [0.1, 0.15) is 11.5 Å². The number of rotatable bonds is 4. The summed E-state index contributed by atoms with van der Waals surface area (Å²) in [5.41, 5.74) is 2.94. The standard InChI is InChI=1S/C18H15Br3O4/c1-9-2-3-12(14(22)4-9)17(23)16(21)15(20)13-6-11(19)5-10-7-24-8-25-18(10)13/h2-6,15-16,22H,7-8H2,1H3/t15-,16+/m1/s1. The molecule has 2 aromatic rings. The largest absolute Gasteiger partial charge is 0.507 e. The Hall–Kier alpha value is -0.890. The summed E-state index contributed by atoms with van der Waals surface area (Å²) in [5, 5.41) is 10.1. The van der Waals surface area contributed by atoms with E-state index in [0.29, 0.717) is 6.61 Å². The molecular weight excluding hydrogens is 520 g/mol. The molecule has 2 atom stereocenters. The fourth-order valence-corrected chi connectivity index (χ4v) is 4.34. The van der Waals surface area contributed by atoms with Gasteiger partial charge in [-0.3, -0.25) is 4.79 Å². The zero-order valence-corrected chi connectivity index (χ0v) is 18.0. The number of halogens is 3. The first kappa shape index (κ1) is 18.9. The van der Waals surface area contributed by atoms with Crippen LogP contribution in [0.4, 0.5) is 0 Å². The molecule has 0 fully saturated rings. The first-order valence-electron chi connectivity index (χ1n) is 7.53. The number of phenols is 1. The molecule has 0 saturated carbocycles. The number of fused-ring (bicyclic) bond motifs is 1. The number of carbonyl (C=O) groups is 1. The van der Waals surface area contributed by atoms with Gasteiger partial charge in [0.25, 0.3) is 0 Å². The maximum absolute atomic E-state index is 12.8. The molecule has 2 aromatic carbocycles. The van der Waals surface area contributed by atoms with Gasteiger partial charge < -0.3 is 14.6 Å². The van der Waals surface area contributed by atoms with Crippen LogP contribution >= 0.6 is 47.8 Å². The minimum absolute atomic E-state index is 0.0185. The van der Waals surface area contributed by atoms with Crippen LogP contribution < -0.4 is 4.74 Å². The average molecular weight is 535 g/mol. The Morgan fingerprint density at radius 1 is 1.24 bits per heavy atom. The van der Waals surface area contributed by atoms with Crippen molar-refractivity contribution in [2.75, 3.05) is 6.79 Å². The molecule has 0 spiro atoms. The third-order valence-corrected chi connectivity index (χ3v) is 7.06. The summed E-state index contributed by atoms with van der Waals surface area (Å²) < 4.78 is 11.9. The molecule has 25 heavy (non-hydrogen) atoms. The minimum Gasteiger partial charge on any atom is -0.507 e. The normalized spacial score (nSPS) is 15.8. The van der Waals surface area contributed by atoms with Crippen LogP contribution in [0.2, 0.25) is 0 Å². The van der Waals surface area contributed by atoms with E-state index in [9.17, 15) is 9.90 Å². The van der Waals surface area contributed by atoms with Crippen LogP contribution in [0.25, 0.3) is 0 Å². The Morgan fingerprint density at radius 2 is 2.00 bits per heavy atom. The first-order valence-corrected chi connectivity index (χ1v) is 10.2. The van der Waals surface area contributed by atoms with E-state index in [-0.39, 0.29) is 28.7 Å². The summed E-state index contributed by atoms with van der Waals surface area (Å²) in [6.07, 6.45) is 0. The molecule has 1 aliphatic heterocycles. The molecule has 0 aromatic heterocycles. The maximum atomic E-state index is 12.8. The molecule has 3 rings (SSSR count). The average Bonchev–Trinajstić information content (AvgIpc) is 2.59. The molecule has 0 radical (unpaired) electrons. The van der Waals surface area contributed by atoms with Crippen LogP contribution in [0, 0.1) is 6.92 Å². The Morgan fingerprint density at radius 3 is 2.72 bits per heavy atom. The molecule has 1 heterocycles. The van der Waals surface area contributed by atoms with Gasteiger partial charge in [-0.05, 0) is 36.8 Å². The molecule has 1 aliphatic rings. The quantitative estimate of drug-likeness (QED) is 0.421. The monoisotopic (exact) mass is 532 g/mol. The lowest BCUT2D eigenvalue weighted by Gasteiger charge is -2.25. The number of hydrogen-bond acceptors (Lipinski definition) is 4. The highest BCUT2D eigenvalue weighted by Crippen LogP contribution is 2.43. The maximum Gasteiger partial charge on any atom is 0.189 e. The van der Waals surface area contributed by atoms with Crippen LogP contribution in [0.1, 0.15) is 31.9 Å². The number of hydrogen-bond donors (Lipinski definition) is 1. The lowest BCUT2D eigenvalue weighted by molar-refractivity contribution is -0.0170. The smallest absolute Gasteiger partial charge is 0.189 e. The van der Waals surface area contributed by atoms with Crippen LogP contribution in [0.3, 0.4) is 0 Å². The minimum atomic E-state index is -0.578. The van der Waals surface area contributed by atoms with Crippen molar-refractivity contribution in [1.82, 2.24) is 0 Å². The molecule has 0 amide bonds. The first-order chi connectivity index (χ1) is 11.9. The van der Waals surface area contributed by atoms with Crippen molar-refractivity contribution in [2.45, 2.75) is 23.2 Å². The highest BCUT2D eigenvalue weighted by molar-refractivity contribution is 9.12. The van der Waals surface area contributed by atoms with E-state index in [1.807, 2.05) is 19.1 Å². The lowest BCUT2D eigenvalue weighted by Crippen LogP contribution is -2.21. The molecule has 7 heteroatoms. The molecule has 0 bridgehead atoms. The van der Waals surface area contributed by atoms with Crippen molar-refractivity contribution < 1.29 is 19.4 Å². The number of benzene rings is 2. The van der Waals surface area contributed by atoms with E-state index in [4.69, 9.17) is 9.47 Å². The van der Waals surface area contributed by atoms with Crippen LogP contribution in [-0.2, 0) is 11.3 Å².